The van der Waals surface area contributed by atoms with Crippen LogP contribution in [-0.4, -0.2) is 55.3 Å². The minimum absolute atomic E-state index is 0.274. The third kappa shape index (κ3) is 5.42. The van der Waals surface area contributed by atoms with Crippen LogP contribution in [0.1, 0.15) is 18.2 Å². The molecule has 0 aromatic carbocycles. The maximum absolute atomic E-state index is 6.32. The Kier molecular flexibility index (Phi) is 6.94. The van der Waals surface area contributed by atoms with Gasteiger partial charge in [0.1, 0.15) is 6.73 Å². The summed E-state index contributed by atoms with van der Waals surface area (Å²) in [5, 5.41) is 0. The lowest BCUT2D eigenvalue weighted by Crippen LogP contribution is -2.22. The molecule has 0 unspecified atom stereocenters. The number of anilines is 1. The first-order valence-electron chi connectivity index (χ1n) is 11.4. The summed E-state index contributed by atoms with van der Waals surface area (Å²) < 4.78 is 15.5. The van der Waals surface area contributed by atoms with Crippen molar-refractivity contribution in [1.82, 2.24) is 34.1 Å². The molecule has 11 heteroatoms. The van der Waals surface area contributed by atoms with Crippen molar-refractivity contribution in [1.29, 1.82) is 0 Å². The van der Waals surface area contributed by atoms with Crippen LogP contribution in [0.3, 0.4) is 0 Å². The van der Waals surface area contributed by atoms with E-state index in [0.717, 1.165) is 17.3 Å². The lowest BCUT2D eigenvalue weighted by Gasteiger charge is -2.16. The van der Waals surface area contributed by atoms with E-state index in [1.807, 2.05) is 47.5 Å². The van der Waals surface area contributed by atoms with Gasteiger partial charge in [0.25, 0.3) is 6.01 Å². The summed E-state index contributed by atoms with van der Waals surface area (Å²) in [7, 11) is -1.16. The lowest BCUT2D eigenvalue weighted by molar-refractivity contribution is 0.0882. The van der Waals surface area contributed by atoms with Crippen LogP contribution >= 0.6 is 0 Å². The van der Waals surface area contributed by atoms with Crippen LogP contribution < -0.4 is 10.5 Å². The first-order valence-corrected chi connectivity index (χ1v) is 15.1. The Hall–Kier alpha value is -3.31. The lowest BCUT2D eigenvalue weighted by atomic mass is 10.2. The van der Waals surface area contributed by atoms with Gasteiger partial charge in [-0.05, 0) is 31.5 Å². The molecule has 0 saturated heterocycles. The molecule has 180 valence electrons. The van der Waals surface area contributed by atoms with Crippen molar-refractivity contribution in [3.05, 3.63) is 42.0 Å². The van der Waals surface area contributed by atoms with Gasteiger partial charge in [-0.15, -0.1) is 0 Å². The largest absolute Gasteiger partial charge is 0.465 e. The molecule has 4 aromatic heterocycles. The number of nitrogens with two attached hydrogens (primary N) is 1. The summed E-state index contributed by atoms with van der Waals surface area (Å²) in [6.45, 7) is 12.9. The normalized spacial score (nSPS) is 11.9. The SMILES string of the molecule is CCOc1nc2c(N)nc(-c3nccn3COCC[Si](C)(C)C)nc2n1Cc1ccc(C)nc1. The van der Waals surface area contributed by atoms with Gasteiger partial charge in [0, 0.05) is 39.0 Å². The second kappa shape index (κ2) is 9.90. The summed E-state index contributed by atoms with van der Waals surface area (Å²) in [6.07, 6.45) is 5.41. The molecule has 0 radical (unpaired) electrons. The molecule has 34 heavy (non-hydrogen) atoms. The minimum atomic E-state index is -1.16. The number of rotatable bonds is 10. The van der Waals surface area contributed by atoms with Crippen LogP contribution in [0.5, 0.6) is 6.01 Å². The number of hydrogen-bond acceptors (Lipinski definition) is 8. The van der Waals surface area contributed by atoms with Gasteiger partial charge in [0.05, 0.1) is 13.2 Å². The molecular formula is C23H32N8O2Si. The van der Waals surface area contributed by atoms with E-state index in [9.17, 15) is 0 Å². The number of fused-ring (bicyclic) bond motifs is 1. The number of ether oxygens (including phenoxy) is 2. The van der Waals surface area contributed by atoms with Gasteiger partial charge in [-0.25, -0.2) is 15.0 Å². The van der Waals surface area contributed by atoms with Gasteiger partial charge >= 0.3 is 0 Å². The van der Waals surface area contributed by atoms with Crippen molar-refractivity contribution in [2.45, 2.75) is 52.8 Å². The van der Waals surface area contributed by atoms with Crippen molar-refractivity contribution in [3.8, 4) is 17.7 Å². The predicted octanol–water partition coefficient (Wildman–Crippen LogP) is 3.73. The minimum Gasteiger partial charge on any atom is -0.465 e. The number of pyridine rings is 1. The monoisotopic (exact) mass is 480 g/mol. The van der Waals surface area contributed by atoms with Gasteiger partial charge in [-0.1, -0.05) is 25.7 Å². The first kappa shape index (κ1) is 23.8. The number of nitrogen functional groups attached to an aromatic ring is 1. The average molecular weight is 481 g/mol. The number of aryl methyl sites for hydroxylation is 1. The van der Waals surface area contributed by atoms with E-state index in [0.29, 0.717) is 55.3 Å². The summed E-state index contributed by atoms with van der Waals surface area (Å²) in [6, 6.07) is 5.54. The van der Waals surface area contributed by atoms with Crippen molar-refractivity contribution in [2.75, 3.05) is 18.9 Å². The number of hydrogen-bond donors (Lipinski definition) is 1. The van der Waals surface area contributed by atoms with Gasteiger partial charge in [0.15, 0.2) is 28.6 Å². The summed E-state index contributed by atoms with van der Waals surface area (Å²) in [4.78, 5) is 22.7. The Labute approximate surface area is 200 Å². The van der Waals surface area contributed by atoms with E-state index in [2.05, 4.69) is 39.6 Å². The molecule has 0 aliphatic heterocycles. The molecule has 4 aromatic rings. The van der Waals surface area contributed by atoms with E-state index in [1.165, 1.54) is 0 Å². The van der Waals surface area contributed by atoms with Crippen molar-refractivity contribution in [2.24, 2.45) is 0 Å². The van der Waals surface area contributed by atoms with Gasteiger partial charge in [0.2, 0.25) is 0 Å². The zero-order valence-corrected chi connectivity index (χ0v) is 21.4. The van der Waals surface area contributed by atoms with E-state index in [4.69, 9.17) is 20.2 Å². The second-order valence-electron chi connectivity index (χ2n) is 9.39. The van der Waals surface area contributed by atoms with Gasteiger partial charge in [-0.3, -0.25) is 9.55 Å². The third-order valence-corrected chi connectivity index (χ3v) is 7.02. The number of aromatic nitrogens is 7. The molecule has 0 fully saturated rings. The molecule has 0 aliphatic carbocycles. The van der Waals surface area contributed by atoms with Crippen LogP contribution in [0.4, 0.5) is 5.82 Å². The highest BCUT2D eigenvalue weighted by atomic mass is 28.3. The summed E-state index contributed by atoms with van der Waals surface area (Å²) in [5.41, 5.74) is 9.35. The number of imidazole rings is 2. The Morgan fingerprint density at radius 3 is 2.62 bits per heavy atom. The molecule has 0 amide bonds. The highest BCUT2D eigenvalue weighted by molar-refractivity contribution is 6.76. The molecule has 10 nitrogen and oxygen atoms in total. The first-order chi connectivity index (χ1) is 16.2. The maximum Gasteiger partial charge on any atom is 0.299 e. The fraction of sp³-hybridized carbons (Fsp3) is 0.435. The van der Waals surface area contributed by atoms with Crippen LogP contribution in [0, 0.1) is 6.92 Å². The topological polar surface area (TPSA) is 119 Å². The fourth-order valence-corrected chi connectivity index (χ4v) is 4.18. The Morgan fingerprint density at radius 1 is 1.09 bits per heavy atom. The molecule has 0 saturated carbocycles. The molecular weight excluding hydrogens is 448 g/mol. The highest BCUT2D eigenvalue weighted by Crippen LogP contribution is 2.27. The van der Waals surface area contributed by atoms with E-state index < -0.39 is 8.07 Å². The van der Waals surface area contributed by atoms with Crippen LogP contribution in [-0.2, 0) is 18.0 Å². The smallest absolute Gasteiger partial charge is 0.299 e. The zero-order chi connectivity index (χ0) is 24.3. The van der Waals surface area contributed by atoms with Crippen LogP contribution in [0.25, 0.3) is 22.8 Å². The number of nitrogens with zero attached hydrogens (tertiary/aromatic N) is 7. The average Bonchev–Trinajstić information content (AvgIpc) is 3.38. The maximum atomic E-state index is 6.32. The van der Waals surface area contributed by atoms with Crippen molar-refractivity contribution < 1.29 is 9.47 Å². The molecule has 4 rings (SSSR count). The Balaban J connectivity index is 1.68. The quantitative estimate of drug-likeness (QED) is 0.269. The van der Waals surface area contributed by atoms with Crippen LogP contribution in [0.15, 0.2) is 30.7 Å². The van der Waals surface area contributed by atoms with Crippen LogP contribution in [0.2, 0.25) is 25.7 Å². The fourth-order valence-electron chi connectivity index (χ4n) is 3.42. The Bertz CT molecular complexity index is 1260. The molecule has 0 atom stereocenters. The van der Waals surface area contributed by atoms with Crippen molar-refractivity contribution >= 4 is 25.1 Å². The predicted molar refractivity (Wildman–Crippen MR) is 134 cm³/mol. The summed E-state index contributed by atoms with van der Waals surface area (Å²) >= 11 is 0. The molecule has 4 heterocycles. The third-order valence-electron chi connectivity index (χ3n) is 5.32. The Morgan fingerprint density at radius 2 is 1.91 bits per heavy atom. The van der Waals surface area contributed by atoms with Gasteiger partial charge < -0.3 is 19.8 Å². The summed E-state index contributed by atoms with van der Waals surface area (Å²) in [5.74, 6) is 1.27. The van der Waals surface area contributed by atoms with Gasteiger partial charge in [-0.2, -0.15) is 4.98 Å². The second-order valence-corrected chi connectivity index (χ2v) is 15.0. The highest BCUT2D eigenvalue weighted by Gasteiger charge is 2.20. The molecule has 2 N–H and O–H groups in total. The molecule has 0 aliphatic rings. The molecule has 0 bridgehead atoms. The molecule has 0 spiro atoms. The zero-order valence-electron chi connectivity index (χ0n) is 20.4. The van der Waals surface area contributed by atoms with E-state index in [-0.39, 0.29) is 5.82 Å². The van der Waals surface area contributed by atoms with E-state index >= 15 is 0 Å². The standard InChI is InChI=1S/C23H32N8O2Si/c1-6-33-23-27-18-19(24)28-20(22-25-9-10-30(22)15-32-11-12-34(3,4)5)29-21(18)31(23)14-17-8-7-16(2)26-13-17/h7-10,13H,6,11-12,14-15H2,1-5H3,(H2,24,28,29). The van der Waals surface area contributed by atoms with E-state index in [1.54, 1.807) is 6.20 Å². The van der Waals surface area contributed by atoms with Crippen molar-refractivity contribution in [3.63, 3.8) is 0 Å².